The zero-order valence-corrected chi connectivity index (χ0v) is 8.75. The largest absolute Gasteiger partial charge is 0.330 e. The highest BCUT2D eigenvalue weighted by Crippen LogP contribution is 2.30. The highest BCUT2D eigenvalue weighted by atomic mass is 16.1. The minimum atomic E-state index is 0.208. The molecule has 2 N–H and O–H groups in total. The Labute approximate surface area is 80.9 Å². The van der Waals surface area contributed by atoms with Crippen molar-refractivity contribution in [1.82, 2.24) is 0 Å². The molecule has 0 saturated heterocycles. The lowest BCUT2D eigenvalue weighted by Crippen LogP contribution is -2.27. The van der Waals surface area contributed by atoms with Crippen LogP contribution in [0.1, 0.15) is 39.5 Å². The van der Waals surface area contributed by atoms with E-state index in [4.69, 9.17) is 5.73 Å². The molecule has 0 radical (unpaired) electrons. The van der Waals surface area contributed by atoms with E-state index in [1.807, 2.05) is 13.8 Å². The summed E-state index contributed by atoms with van der Waals surface area (Å²) in [4.78, 5) is 11.7. The average molecular weight is 183 g/mol. The maximum atomic E-state index is 11.7. The lowest BCUT2D eigenvalue weighted by Gasteiger charge is -2.27. The Morgan fingerprint density at radius 2 is 1.85 bits per heavy atom. The molecule has 0 aromatic heterocycles. The quantitative estimate of drug-likeness (QED) is 0.727. The van der Waals surface area contributed by atoms with E-state index < -0.39 is 0 Å². The number of hydrogen-bond acceptors (Lipinski definition) is 2. The molecule has 1 saturated carbocycles. The second-order valence-corrected chi connectivity index (χ2v) is 4.51. The number of rotatable bonds is 3. The highest BCUT2D eigenvalue weighted by molar-refractivity contribution is 5.82. The summed E-state index contributed by atoms with van der Waals surface area (Å²) in [5.41, 5.74) is 5.60. The van der Waals surface area contributed by atoms with Crippen molar-refractivity contribution in [2.24, 2.45) is 23.5 Å². The molecule has 0 aromatic rings. The monoisotopic (exact) mass is 183 g/mol. The second-order valence-electron chi connectivity index (χ2n) is 4.51. The van der Waals surface area contributed by atoms with E-state index in [-0.39, 0.29) is 5.92 Å². The van der Waals surface area contributed by atoms with Crippen molar-refractivity contribution >= 4 is 5.78 Å². The number of carbonyl (C=O) groups is 1. The zero-order valence-electron chi connectivity index (χ0n) is 8.75. The molecule has 0 unspecified atom stereocenters. The van der Waals surface area contributed by atoms with Crippen molar-refractivity contribution in [1.29, 1.82) is 0 Å². The lowest BCUT2D eigenvalue weighted by atomic mass is 9.78. The summed E-state index contributed by atoms with van der Waals surface area (Å²) < 4.78 is 0. The van der Waals surface area contributed by atoms with Crippen LogP contribution in [0.25, 0.3) is 0 Å². The molecule has 76 valence electrons. The third-order valence-electron chi connectivity index (χ3n) is 3.15. The summed E-state index contributed by atoms with van der Waals surface area (Å²) in [5.74, 6) is 1.67. The third kappa shape index (κ3) is 2.80. The Morgan fingerprint density at radius 3 is 2.23 bits per heavy atom. The molecular weight excluding hydrogens is 162 g/mol. The Morgan fingerprint density at radius 1 is 1.31 bits per heavy atom. The predicted molar refractivity (Wildman–Crippen MR) is 54.3 cm³/mol. The van der Waals surface area contributed by atoms with Gasteiger partial charge in [0, 0.05) is 11.8 Å². The molecule has 0 heterocycles. The van der Waals surface area contributed by atoms with Gasteiger partial charge in [-0.25, -0.2) is 0 Å². The SMILES string of the molecule is CC(C)C(=O)[C@H]1CC[C@H](CN)CC1. The molecule has 0 aliphatic heterocycles. The van der Waals surface area contributed by atoms with Crippen molar-refractivity contribution in [2.75, 3.05) is 6.54 Å². The van der Waals surface area contributed by atoms with Gasteiger partial charge in [-0.1, -0.05) is 13.8 Å². The van der Waals surface area contributed by atoms with Crippen LogP contribution in [0.3, 0.4) is 0 Å². The Balaban J connectivity index is 2.36. The van der Waals surface area contributed by atoms with Gasteiger partial charge in [0.25, 0.3) is 0 Å². The van der Waals surface area contributed by atoms with Gasteiger partial charge in [0.15, 0.2) is 0 Å². The van der Waals surface area contributed by atoms with Gasteiger partial charge in [-0.15, -0.1) is 0 Å². The highest BCUT2D eigenvalue weighted by Gasteiger charge is 2.26. The van der Waals surface area contributed by atoms with Crippen LogP contribution in [0.4, 0.5) is 0 Å². The van der Waals surface area contributed by atoms with Gasteiger partial charge in [-0.05, 0) is 38.1 Å². The second kappa shape index (κ2) is 4.75. The smallest absolute Gasteiger partial charge is 0.138 e. The molecule has 0 atom stereocenters. The summed E-state index contributed by atoms with van der Waals surface area (Å²) in [7, 11) is 0. The number of nitrogens with two attached hydrogens (primary N) is 1. The van der Waals surface area contributed by atoms with Crippen LogP contribution < -0.4 is 5.73 Å². The van der Waals surface area contributed by atoms with Crippen molar-refractivity contribution in [3.05, 3.63) is 0 Å². The van der Waals surface area contributed by atoms with Crippen molar-refractivity contribution < 1.29 is 4.79 Å². The minimum absolute atomic E-state index is 0.208. The summed E-state index contributed by atoms with van der Waals surface area (Å²) in [6.45, 7) is 4.79. The zero-order chi connectivity index (χ0) is 9.84. The first-order chi connectivity index (χ1) is 6.15. The molecule has 0 amide bonds. The first kappa shape index (κ1) is 10.7. The molecule has 1 rings (SSSR count). The third-order valence-corrected chi connectivity index (χ3v) is 3.15. The van der Waals surface area contributed by atoms with E-state index in [0.717, 1.165) is 32.2 Å². The normalized spacial score (nSPS) is 29.2. The molecule has 2 heteroatoms. The van der Waals surface area contributed by atoms with Crippen molar-refractivity contribution in [3.8, 4) is 0 Å². The minimum Gasteiger partial charge on any atom is -0.330 e. The summed E-state index contributed by atoms with van der Waals surface area (Å²) in [6, 6.07) is 0. The molecule has 1 fully saturated rings. The van der Waals surface area contributed by atoms with Crippen molar-refractivity contribution in [3.63, 3.8) is 0 Å². The first-order valence-electron chi connectivity index (χ1n) is 5.39. The number of Topliss-reactive ketones (excluding diaryl/α,β-unsaturated/α-hetero) is 1. The summed E-state index contributed by atoms with van der Waals surface area (Å²) in [6.07, 6.45) is 4.44. The Bertz CT molecular complexity index is 169. The van der Waals surface area contributed by atoms with Crippen molar-refractivity contribution in [2.45, 2.75) is 39.5 Å². The molecule has 1 aliphatic carbocycles. The van der Waals surface area contributed by atoms with Gasteiger partial charge in [0.2, 0.25) is 0 Å². The van der Waals surface area contributed by atoms with E-state index in [1.54, 1.807) is 0 Å². The van der Waals surface area contributed by atoms with E-state index in [1.165, 1.54) is 0 Å². The van der Waals surface area contributed by atoms with Gasteiger partial charge in [0.05, 0.1) is 0 Å². The number of carbonyl (C=O) groups excluding carboxylic acids is 1. The summed E-state index contributed by atoms with van der Waals surface area (Å²) >= 11 is 0. The fourth-order valence-electron chi connectivity index (χ4n) is 2.15. The standard InChI is InChI=1S/C11H21NO/c1-8(2)11(13)10-5-3-9(7-12)4-6-10/h8-10H,3-7,12H2,1-2H3/t9-,10-. The average Bonchev–Trinajstić information content (AvgIpc) is 2.17. The van der Waals surface area contributed by atoms with Crippen LogP contribution in [0.15, 0.2) is 0 Å². The van der Waals surface area contributed by atoms with E-state index in [0.29, 0.717) is 17.6 Å². The van der Waals surface area contributed by atoms with Crippen LogP contribution in [-0.2, 0) is 4.79 Å². The van der Waals surface area contributed by atoms with Crippen LogP contribution >= 0.6 is 0 Å². The molecule has 1 aliphatic rings. The molecule has 0 spiro atoms. The van der Waals surface area contributed by atoms with E-state index >= 15 is 0 Å². The summed E-state index contributed by atoms with van der Waals surface area (Å²) in [5, 5.41) is 0. The number of hydrogen-bond donors (Lipinski definition) is 1. The number of ketones is 1. The molecule has 0 aromatic carbocycles. The van der Waals surface area contributed by atoms with Gasteiger partial charge < -0.3 is 5.73 Å². The Kier molecular flexibility index (Phi) is 3.91. The maximum Gasteiger partial charge on any atom is 0.138 e. The first-order valence-corrected chi connectivity index (χ1v) is 5.39. The van der Waals surface area contributed by atoms with E-state index in [2.05, 4.69) is 0 Å². The van der Waals surface area contributed by atoms with Gasteiger partial charge >= 0.3 is 0 Å². The Hall–Kier alpha value is -0.370. The maximum absolute atomic E-state index is 11.7. The van der Waals surface area contributed by atoms with Gasteiger partial charge in [0.1, 0.15) is 5.78 Å². The van der Waals surface area contributed by atoms with Crippen LogP contribution in [0.5, 0.6) is 0 Å². The molecule has 13 heavy (non-hydrogen) atoms. The molecular formula is C11H21NO. The van der Waals surface area contributed by atoms with Crippen LogP contribution in [0, 0.1) is 17.8 Å². The molecule has 0 bridgehead atoms. The van der Waals surface area contributed by atoms with E-state index in [9.17, 15) is 4.79 Å². The molecule has 2 nitrogen and oxygen atoms in total. The fraction of sp³-hybridized carbons (Fsp3) is 0.909. The van der Waals surface area contributed by atoms with Crippen LogP contribution in [0.2, 0.25) is 0 Å². The fourth-order valence-corrected chi connectivity index (χ4v) is 2.15. The van der Waals surface area contributed by atoms with Gasteiger partial charge in [-0.2, -0.15) is 0 Å². The topological polar surface area (TPSA) is 43.1 Å². The lowest BCUT2D eigenvalue weighted by molar-refractivity contribution is -0.127. The van der Waals surface area contributed by atoms with Crippen LogP contribution in [-0.4, -0.2) is 12.3 Å². The van der Waals surface area contributed by atoms with Gasteiger partial charge in [-0.3, -0.25) is 4.79 Å². The predicted octanol–water partition coefficient (Wildman–Crippen LogP) is 1.98.